The van der Waals surface area contributed by atoms with Crippen LogP contribution in [-0.2, 0) is 17.4 Å². The van der Waals surface area contributed by atoms with Crippen molar-refractivity contribution >= 4 is 5.91 Å². The van der Waals surface area contributed by atoms with Gasteiger partial charge in [-0.25, -0.2) is 0 Å². The van der Waals surface area contributed by atoms with Gasteiger partial charge in [-0.15, -0.1) is 0 Å². The summed E-state index contributed by atoms with van der Waals surface area (Å²) < 4.78 is 48.7. The highest BCUT2D eigenvalue weighted by molar-refractivity contribution is 5.79. The smallest absolute Gasteiger partial charge is 0.416 e. The average molecular weight is 351 g/mol. The molecular formula is C18H16F3NO3. The third-order valence-corrected chi connectivity index (χ3v) is 3.89. The van der Waals surface area contributed by atoms with Crippen LogP contribution < -0.4 is 14.8 Å². The Morgan fingerprint density at radius 1 is 1.16 bits per heavy atom. The number of nitrogens with one attached hydrogen (secondary N) is 1. The van der Waals surface area contributed by atoms with Crippen LogP contribution in [0, 0.1) is 0 Å². The van der Waals surface area contributed by atoms with E-state index in [0.29, 0.717) is 17.1 Å². The minimum absolute atomic E-state index is 0.126. The lowest BCUT2D eigenvalue weighted by molar-refractivity contribution is -0.137. The topological polar surface area (TPSA) is 47.6 Å². The third-order valence-electron chi connectivity index (χ3n) is 3.89. The molecule has 1 aliphatic heterocycles. The van der Waals surface area contributed by atoms with Crippen molar-refractivity contribution in [2.45, 2.75) is 25.6 Å². The van der Waals surface area contributed by atoms with Gasteiger partial charge in [-0.05, 0) is 36.2 Å². The molecule has 25 heavy (non-hydrogen) atoms. The van der Waals surface area contributed by atoms with Crippen molar-refractivity contribution in [1.29, 1.82) is 0 Å². The van der Waals surface area contributed by atoms with Crippen LogP contribution in [0.1, 0.15) is 29.7 Å². The van der Waals surface area contributed by atoms with E-state index in [1.807, 2.05) is 6.07 Å². The van der Waals surface area contributed by atoms with Crippen LogP contribution in [0.15, 0.2) is 42.5 Å². The van der Waals surface area contributed by atoms with Crippen LogP contribution in [0.4, 0.5) is 13.2 Å². The van der Waals surface area contributed by atoms with Crippen LogP contribution in [0.2, 0.25) is 0 Å². The maximum atomic E-state index is 12.7. The predicted octanol–water partition coefficient (Wildman–Crippen LogP) is 3.85. The zero-order valence-electron chi connectivity index (χ0n) is 13.4. The van der Waals surface area contributed by atoms with E-state index in [4.69, 9.17) is 9.47 Å². The number of hydrogen-bond donors (Lipinski definition) is 1. The summed E-state index contributed by atoms with van der Waals surface area (Å²) in [5.41, 5.74) is 0.369. The fourth-order valence-electron chi connectivity index (χ4n) is 2.60. The molecule has 0 bridgehead atoms. The van der Waals surface area contributed by atoms with Crippen molar-refractivity contribution in [2.24, 2.45) is 0 Å². The molecule has 7 heteroatoms. The van der Waals surface area contributed by atoms with E-state index in [1.165, 1.54) is 12.1 Å². The number of alkyl halides is 3. The molecular weight excluding hydrogens is 335 g/mol. The van der Waals surface area contributed by atoms with Crippen LogP contribution in [0.25, 0.3) is 0 Å². The first-order valence-corrected chi connectivity index (χ1v) is 7.68. The molecule has 4 nitrogen and oxygen atoms in total. The molecule has 2 aromatic carbocycles. The first-order valence-electron chi connectivity index (χ1n) is 7.68. The highest BCUT2D eigenvalue weighted by atomic mass is 19.4. The standard InChI is InChI=1S/C18H16F3NO3/c1-11(13-5-6-15-16(9-13)25-10-24-15)22-17(23)8-12-3-2-4-14(7-12)18(19,20)21/h2-7,9,11H,8,10H2,1H3,(H,22,23). The average Bonchev–Trinajstić information content (AvgIpc) is 3.01. The second kappa shape index (κ2) is 6.66. The van der Waals surface area contributed by atoms with Gasteiger partial charge in [0.25, 0.3) is 0 Å². The number of carbonyl (C=O) groups excluding carboxylic acids is 1. The van der Waals surface area contributed by atoms with Crippen molar-refractivity contribution in [2.75, 3.05) is 6.79 Å². The second-order valence-electron chi connectivity index (χ2n) is 5.78. The number of carbonyl (C=O) groups is 1. The molecule has 1 heterocycles. The van der Waals surface area contributed by atoms with E-state index >= 15 is 0 Å². The van der Waals surface area contributed by atoms with Gasteiger partial charge in [-0.2, -0.15) is 13.2 Å². The quantitative estimate of drug-likeness (QED) is 0.910. The Labute approximate surface area is 142 Å². The number of halogens is 3. The van der Waals surface area contributed by atoms with Gasteiger partial charge in [-0.3, -0.25) is 4.79 Å². The molecule has 0 saturated heterocycles. The Kier molecular flexibility index (Phi) is 4.57. The fourth-order valence-corrected chi connectivity index (χ4v) is 2.60. The summed E-state index contributed by atoms with van der Waals surface area (Å²) in [6, 6.07) is 9.80. The number of rotatable bonds is 4. The molecule has 1 amide bonds. The Morgan fingerprint density at radius 3 is 2.68 bits per heavy atom. The highest BCUT2D eigenvalue weighted by Gasteiger charge is 2.30. The van der Waals surface area contributed by atoms with Crippen molar-refractivity contribution in [3.8, 4) is 11.5 Å². The summed E-state index contributed by atoms with van der Waals surface area (Å²) in [5.74, 6) is 0.896. The first kappa shape index (κ1) is 17.1. The van der Waals surface area contributed by atoms with E-state index in [0.717, 1.165) is 17.7 Å². The Bertz CT molecular complexity index is 789. The summed E-state index contributed by atoms with van der Waals surface area (Å²) in [6.07, 6.45) is -4.55. The SMILES string of the molecule is CC(NC(=O)Cc1cccc(C(F)(F)F)c1)c1ccc2c(c1)OCO2. The molecule has 132 valence electrons. The summed E-state index contributed by atoms with van der Waals surface area (Å²) in [7, 11) is 0. The van der Waals surface area contributed by atoms with Gasteiger partial charge in [0.1, 0.15) is 0 Å². The van der Waals surface area contributed by atoms with E-state index < -0.39 is 11.7 Å². The van der Waals surface area contributed by atoms with Gasteiger partial charge in [0.15, 0.2) is 11.5 Å². The van der Waals surface area contributed by atoms with Crippen molar-refractivity contribution < 1.29 is 27.4 Å². The summed E-state index contributed by atoms with van der Waals surface area (Å²) in [6.45, 7) is 1.96. The second-order valence-corrected chi connectivity index (χ2v) is 5.78. The monoisotopic (exact) mass is 351 g/mol. The van der Waals surface area contributed by atoms with Crippen LogP contribution >= 0.6 is 0 Å². The van der Waals surface area contributed by atoms with Crippen molar-refractivity contribution in [3.05, 3.63) is 59.2 Å². The number of fused-ring (bicyclic) bond motifs is 1. The van der Waals surface area contributed by atoms with Crippen LogP contribution in [0.5, 0.6) is 11.5 Å². The lowest BCUT2D eigenvalue weighted by Gasteiger charge is -2.15. The summed E-state index contributed by atoms with van der Waals surface area (Å²) in [4.78, 5) is 12.1. The lowest BCUT2D eigenvalue weighted by atomic mass is 10.1. The fraction of sp³-hybridized carbons (Fsp3) is 0.278. The molecule has 0 aliphatic carbocycles. The van der Waals surface area contributed by atoms with Gasteiger partial charge >= 0.3 is 6.18 Å². The molecule has 0 aromatic heterocycles. The number of ether oxygens (including phenoxy) is 2. The molecule has 1 N–H and O–H groups in total. The van der Waals surface area contributed by atoms with Gasteiger partial charge in [0.2, 0.25) is 12.7 Å². The molecule has 3 rings (SSSR count). The number of benzene rings is 2. The number of hydrogen-bond acceptors (Lipinski definition) is 3. The molecule has 0 spiro atoms. The highest BCUT2D eigenvalue weighted by Crippen LogP contribution is 2.34. The molecule has 1 aliphatic rings. The maximum absolute atomic E-state index is 12.7. The van der Waals surface area contributed by atoms with E-state index in [2.05, 4.69) is 5.32 Å². The molecule has 1 atom stereocenters. The van der Waals surface area contributed by atoms with Gasteiger partial charge in [0, 0.05) is 0 Å². The van der Waals surface area contributed by atoms with E-state index in [1.54, 1.807) is 19.1 Å². The molecule has 0 radical (unpaired) electrons. The van der Waals surface area contributed by atoms with Crippen LogP contribution in [-0.4, -0.2) is 12.7 Å². The minimum atomic E-state index is -4.42. The Hall–Kier alpha value is -2.70. The minimum Gasteiger partial charge on any atom is -0.454 e. The van der Waals surface area contributed by atoms with Gasteiger partial charge in [0.05, 0.1) is 18.0 Å². The van der Waals surface area contributed by atoms with Crippen molar-refractivity contribution in [3.63, 3.8) is 0 Å². The van der Waals surface area contributed by atoms with E-state index in [9.17, 15) is 18.0 Å². The first-order chi connectivity index (χ1) is 11.8. The van der Waals surface area contributed by atoms with Gasteiger partial charge < -0.3 is 14.8 Å². The molecule has 0 saturated carbocycles. The zero-order valence-corrected chi connectivity index (χ0v) is 13.4. The van der Waals surface area contributed by atoms with E-state index in [-0.39, 0.29) is 25.2 Å². The third kappa shape index (κ3) is 4.04. The predicted molar refractivity (Wildman–Crippen MR) is 84.3 cm³/mol. The number of amides is 1. The molecule has 0 fully saturated rings. The van der Waals surface area contributed by atoms with Crippen molar-refractivity contribution in [1.82, 2.24) is 5.32 Å². The lowest BCUT2D eigenvalue weighted by Crippen LogP contribution is -2.28. The summed E-state index contributed by atoms with van der Waals surface area (Å²) in [5, 5.41) is 2.78. The molecule has 1 unspecified atom stereocenters. The molecule has 2 aromatic rings. The zero-order chi connectivity index (χ0) is 18.0. The Morgan fingerprint density at radius 2 is 1.92 bits per heavy atom. The van der Waals surface area contributed by atoms with Crippen LogP contribution in [0.3, 0.4) is 0 Å². The van der Waals surface area contributed by atoms with Gasteiger partial charge in [-0.1, -0.05) is 24.3 Å². The summed E-state index contributed by atoms with van der Waals surface area (Å²) >= 11 is 0. The largest absolute Gasteiger partial charge is 0.454 e. The normalized spacial score (nSPS) is 14.2. The maximum Gasteiger partial charge on any atom is 0.416 e. The Balaban J connectivity index is 1.64.